The number of nitrogens with two attached hydrogens (primary N) is 1. The highest BCUT2D eigenvalue weighted by molar-refractivity contribution is 6.33. The van der Waals surface area contributed by atoms with Gasteiger partial charge in [0.2, 0.25) is 0 Å². The normalized spacial score (nSPS) is 10.2. The van der Waals surface area contributed by atoms with Crippen LogP contribution in [-0.4, -0.2) is 7.05 Å². The number of rotatable bonds is 3. The molecule has 0 fully saturated rings. The summed E-state index contributed by atoms with van der Waals surface area (Å²) in [4.78, 5) is 2.11. The molecule has 2 aromatic rings. The Hall–Kier alpha value is -1.67. The van der Waals surface area contributed by atoms with Gasteiger partial charge >= 0.3 is 0 Å². The summed E-state index contributed by atoms with van der Waals surface area (Å²) < 4.78 is 0. The van der Waals surface area contributed by atoms with E-state index in [0.717, 1.165) is 22.9 Å². The lowest BCUT2D eigenvalue weighted by Crippen LogP contribution is -2.16. The molecule has 0 aliphatic heterocycles. The van der Waals surface area contributed by atoms with E-state index in [9.17, 15) is 0 Å². The Morgan fingerprint density at radius 2 is 1.88 bits per heavy atom. The van der Waals surface area contributed by atoms with Gasteiger partial charge in [-0.3, -0.25) is 0 Å². The molecule has 0 aromatic heterocycles. The highest BCUT2D eigenvalue weighted by Gasteiger charge is 2.05. The van der Waals surface area contributed by atoms with Crippen LogP contribution in [0.5, 0.6) is 0 Å². The van der Waals surface area contributed by atoms with Crippen LogP contribution in [0.1, 0.15) is 5.56 Å². The summed E-state index contributed by atoms with van der Waals surface area (Å²) in [6, 6.07) is 15.7. The standard InChI is InChI=1S/C14H15ClN2/c1-17(14-8-3-2-7-13(14)15)10-11-5-4-6-12(16)9-11/h2-9H,10,16H2,1H3. The quantitative estimate of drug-likeness (QED) is 0.840. The third kappa shape index (κ3) is 2.92. The lowest BCUT2D eigenvalue weighted by molar-refractivity contribution is 0.924. The summed E-state index contributed by atoms with van der Waals surface area (Å²) in [5.41, 5.74) is 8.74. The average molecular weight is 247 g/mol. The molecule has 0 amide bonds. The topological polar surface area (TPSA) is 29.3 Å². The van der Waals surface area contributed by atoms with Crippen molar-refractivity contribution in [1.29, 1.82) is 0 Å². The fourth-order valence-corrected chi connectivity index (χ4v) is 2.09. The van der Waals surface area contributed by atoms with Gasteiger partial charge in [0.15, 0.2) is 0 Å². The summed E-state index contributed by atoms with van der Waals surface area (Å²) in [7, 11) is 2.02. The molecule has 0 spiro atoms. The second-order valence-electron chi connectivity index (χ2n) is 4.05. The Balaban J connectivity index is 2.17. The number of hydrogen-bond donors (Lipinski definition) is 1. The van der Waals surface area contributed by atoms with E-state index >= 15 is 0 Å². The van der Waals surface area contributed by atoms with Crippen LogP contribution in [-0.2, 0) is 6.54 Å². The van der Waals surface area contributed by atoms with E-state index in [1.54, 1.807) is 0 Å². The van der Waals surface area contributed by atoms with Gasteiger partial charge in [-0.15, -0.1) is 0 Å². The van der Waals surface area contributed by atoms with E-state index < -0.39 is 0 Å². The molecule has 2 N–H and O–H groups in total. The summed E-state index contributed by atoms with van der Waals surface area (Å²) in [5, 5.41) is 0.763. The smallest absolute Gasteiger partial charge is 0.0639 e. The molecule has 2 nitrogen and oxygen atoms in total. The van der Waals surface area contributed by atoms with Crippen LogP contribution in [0.2, 0.25) is 5.02 Å². The van der Waals surface area contributed by atoms with Crippen molar-refractivity contribution in [3.63, 3.8) is 0 Å². The maximum Gasteiger partial charge on any atom is 0.0639 e. The van der Waals surface area contributed by atoms with Crippen LogP contribution >= 0.6 is 11.6 Å². The number of nitrogens with zero attached hydrogens (tertiary/aromatic N) is 1. The molecule has 0 unspecified atom stereocenters. The third-order valence-corrected chi connectivity index (χ3v) is 2.95. The average Bonchev–Trinajstić information content (AvgIpc) is 2.29. The fourth-order valence-electron chi connectivity index (χ4n) is 1.81. The zero-order valence-corrected chi connectivity index (χ0v) is 10.5. The van der Waals surface area contributed by atoms with Crippen molar-refractivity contribution in [2.45, 2.75) is 6.54 Å². The Bertz CT molecular complexity index is 511. The molecular weight excluding hydrogens is 232 g/mol. The van der Waals surface area contributed by atoms with E-state index in [1.165, 1.54) is 5.56 Å². The second kappa shape index (κ2) is 5.11. The number of anilines is 2. The fraction of sp³-hybridized carbons (Fsp3) is 0.143. The van der Waals surface area contributed by atoms with Gasteiger partial charge in [0.1, 0.15) is 0 Å². The maximum absolute atomic E-state index is 6.15. The molecule has 0 bridgehead atoms. The monoisotopic (exact) mass is 246 g/mol. The first-order chi connectivity index (χ1) is 8.16. The molecule has 0 atom stereocenters. The van der Waals surface area contributed by atoms with Crippen LogP contribution in [0.3, 0.4) is 0 Å². The predicted molar refractivity (Wildman–Crippen MR) is 74.4 cm³/mol. The van der Waals surface area contributed by atoms with E-state index in [0.29, 0.717) is 0 Å². The van der Waals surface area contributed by atoms with E-state index in [2.05, 4.69) is 11.0 Å². The minimum Gasteiger partial charge on any atom is -0.399 e. The van der Waals surface area contributed by atoms with Crippen molar-refractivity contribution >= 4 is 23.0 Å². The molecule has 17 heavy (non-hydrogen) atoms. The van der Waals surface area contributed by atoms with Crippen molar-refractivity contribution in [1.82, 2.24) is 0 Å². The van der Waals surface area contributed by atoms with Crippen LogP contribution in [0.15, 0.2) is 48.5 Å². The Morgan fingerprint density at radius 3 is 2.59 bits per heavy atom. The molecule has 0 saturated carbocycles. The van der Waals surface area contributed by atoms with Gasteiger partial charge in [0.25, 0.3) is 0 Å². The van der Waals surface area contributed by atoms with Gasteiger partial charge in [0.05, 0.1) is 10.7 Å². The van der Waals surface area contributed by atoms with E-state index in [4.69, 9.17) is 17.3 Å². The van der Waals surface area contributed by atoms with Crippen molar-refractivity contribution in [3.05, 3.63) is 59.1 Å². The highest BCUT2D eigenvalue weighted by Crippen LogP contribution is 2.25. The van der Waals surface area contributed by atoms with E-state index in [1.807, 2.05) is 49.5 Å². The van der Waals surface area contributed by atoms with Crippen molar-refractivity contribution in [2.24, 2.45) is 0 Å². The summed E-state index contributed by atoms with van der Waals surface area (Å²) in [5.74, 6) is 0. The molecule has 88 valence electrons. The van der Waals surface area contributed by atoms with E-state index in [-0.39, 0.29) is 0 Å². The van der Waals surface area contributed by atoms with Gasteiger partial charge in [0, 0.05) is 19.3 Å². The number of nitrogen functional groups attached to an aromatic ring is 1. The van der Waals surface area contributed by atoms with Gasteiger partial charge in [-0.2, -0.15) is 0 Å². The molecule has 2 aromatic carbocycles. The summed E-state index contributed by atoms with van der Waals surface area (Å²) >= 11 is 6.15. The zero-order chi connectivity index (χ0) is 12.3. The Kier molecular flexibility index (Phi) is 3.55. The molecular formula is C14H15ClN2. The lowest BCUT2D eigenvalue weighted by atomic mass is 10.2. The van der Waals surface area contributed by atoms with Crippen LogP contribution in [0, 0.1) is 0 Å². The number of benzene rings is 2. The molecule has 3 heteroatoms. The molecule has 0 saturated heterocycles. The van der Waals surface area contributed by atoms with Crippen LogP contribution in [0.4, 0.5) is 11.4 Å². The van der Waals surface area contributed by atoms with Gasteiger partial charge in [-0.05, 0) is 29.8 Å². The molecule has 2 rings (SSSR count). The van der Waals surface area contributed by atoms with Crippen LogP contribution in [0.25, 0.3) is 0 Å². The summed E-state index contributed by atoms with van der Waals surface area (Å²) in [6.45, 7) is 0.786. The molecule has 0 heterocycles. The minimum atomic E-state index is 0.763. The first-order valence-electron chi connectivity index (χ1n) is 5.47. The lowest BCUT2D eigenvalue weighted by Gasteiger charge is -2.20. The second-order valence-corrected chi connectivity index (χ2v) is 4.46. The zero-order valence-electron chi connectivity index (χ0n) is 9.73. The molecule has 0 aliphatic carbocycles. The minimum absolute atomic E-state index is 0.763. The third-order valence-electron chi connectivity index (χ3n) is 2.63. The Labute approximate surface area is 107 Å². The Morgan fingerprint density at radius 1 is 1.12 bits per heavy atom. The first-order valence-corrected chi connectivity index (χ1v) is 5.84. The van der Waals surface area contributed by atoms with Gasteiger partial charge in [-0.25, -0.2) is 0 Å². The van der Waals surface area contributed by atoms with Gasteiger partial charge in [-0.1, -0.05) is 35.9 Å². The molecule has 0 aliphatic rings. The first kappa shape index (κ1) is 11.8. The van der Waals surface area contributed by atoms with Crippen LogP contribution < -0.4 is 10.6 Å². The molecule has 0 radical (unpaired) electrons. The van der Waals surface area contributed by atoms with Crippen molar-refractivity contribution in [2.75, 3.05) is 17.7 Å². The highest BCUT2D eigenvalue weighted by atomic mass is 35.5. The SMILES string of the molecule is CN(Cc1cccc(N)c1)c1ccccc1Cl. The van der Waals surface area contributed by atoms with Crippen molar-refractivity contribution in [3.8, 4) is 0 Å². The largest absolute Gasteiger partial charge is 0.399 e. The number of hydrogen-bond acceptors (Lipinski definition) is 2. The number of halogens is 1. The van der Waals surface area contributed by atoms with Crippen molar-refractivity contribution < 1.29 is 0 Å². The predicted octanol–water partition coefficient (Wildman–Crippen LogP) is 3.56. The summed E-state index contributed by atoms with van der Waals surface area (Å²) in [6.07, 6.45) is 0. The number of para-hydroxylation sites is 1. The maximum atomic E-state index is 6.15. The van der Waals surface area contributed by atoms with Gasteiger partial charge < -0.3 is 10.6 Å².